The fraction of sp³-hybridized carbons (Fsp3) is 0.500. The molecule has 0 fully saturated rings. The van der Waals surface area contributed by atoms with Gasteiger partial charge < -0.3 is 10.4 Å². The molecular weight excluding hydrogens is 256 g/mol. The Hall–Kier alpha value is -1.95. The van der Waals surface area contributed by atoms with E-state index in [-0.39, 0.29) is 18.6 Å². The average Bonchev–Trinajstić information content (AvgIpc) is 2.78. The molecule has 6 heteroatoms. The molecule has 0 aromatic carbocycles. The van der Waals surface area contributed by atoms with E-state index in [4.69, 9.17) is 5.11 Å². The van der Waals surface area contributed by atoms with Crippen molar-refractivity contribution in [3.8, 4) is 0 Å². The van der Waals surface area contributed by atoms with E-state index in [1.807, 2.05) is 26.8 Å². The van der Waals surface area contributed by atoms with E-state index < -0.39 is 0 Å². The highest BCUT2D eigenvalue weighted by Gasteiger charge is 2.15. The van der Waals surface area contributed by atoms with Gasteiger partial charge in [-0.1, -0.05) is 0 Å². The molecule has 1 amide bonds. The quantitative estimate of drug-likeness (QED) is 0.861. The Morgan fingerprint density at radius 2 is 2.25 bits per heavy atom. The van der Waals surface area contributed by atoms with Crippen LogP contribution in [0.1, 0.15) is 41.5 Å². The van der Waals surface area contributed by atoms with Gasteiger partial charge in [-0.2, -0.15) is 5.10 Å². The van der Waals surface area contributed by atoms with Gasteiger partial charge in [0.1, 0.15) is 0 Å². The summed E-state index contributed by atoms with van der Waals surface area (Å²) in [6.07, 6.45) is 3.01. The van der Waals surface area contributed by atoms with Crippen LogP contribution < -0.4 is 5.32 Å². The lowest BCUT2D eigenvalue weighted by Gasteiger charge is -2.14. The number of nitrogens with zero attached hydrogens (tertiary/aromatic N) is 3. The number of aromatic nitrogens is 3. The molecule has 2 N–H and O–H groups in total. The molecule has 20 heavy (non-hydrogen) atoms. The van der Waals surface area contributed by atoms with E-state index in [1.54, 1.807) is 10.7 Å². The van der Waals surface area contributed by atoms with Gasteiger partial charge in [0.15, 0.2) is 5.65 Å². The highest BCUT2D eigenvalue weighted by molar-refractivity contribution is 5.95. The maximum atomic E-state index is 12.2. The van der Waals surface area contributed by atoms with Crippen molar-refractivity contribution in [2.24, 2.45) is 0 Å². The standard InChI is InChI=1S/C14H20N4O2/c1-9(5-4-6-19)16-14(20)12-8-15-13-7-10(2)17-18(13)11(12)3/h7-9,19H,4-6H2,1-3H3,(H,16,20). The zero-order valence-corrected chi connectivity index (χ0v) is 12.1. The van der Waals surface area contributed by atoms with Gasteiger partial charge in [-0.3, -0.25) is 4.79 Å². The average molecular weight is 276 g/mol. The fourth-order valence-corrected chi connectivity index (χ4v) is 2.16. The van der Waals surface area contributed by atoms with Crippen molar-refractivity contribution in [3.63, 3.8) is 0 Å². The normalized spacial score (nSPS) is 12.6. The van der Waals surface area contributed by atoms with Crippen molar-refractivity contribution < 1.29 is 9.90 Å². The lowest BCUT2D eigenvalue weighted by Crippen LogP contribution is -2.33. The molecular formula is C14H20N4O2. The molecule has 0 radical (unpaired) electrons. The predicted molar refractivity (Wildman–Crippen MR) is 75.7 cm³/mol. The molecule has 2 aromatic rings. The molecule has 2 aromatic heterocycles. The second kappa shape index (κ2) is 6.00. The number of hydrogen-bond donors (Lipinski definition) is 2. The third-order valence-corrected chi connectivity index (χ3v) is 3.26. The largest absolute Gasteiger partial charge is 0.396 e. The van der Waals surface area contributed by atoms with Crippen LogP contribution in [0.15, 0.2) is 12.3 Å². The summed E-state index contributed by atoms with van der Waals surface area (Å²) >= 11 is 0. The Bertz CT molecular complexity index is 621. The highest BCUT2D eigenvalue weighted by atomic mass is 16.3. The zero-order chi connectivity index (χ0) is 14.7. The second-order valence-electron chi connectivity index (χ2n) is 5.05. The van der Waals surface area contributed by atoms with E-state index in [1.165, 1.54) is 0 Å². The maximum Gasteiger partial charge on any atom is 0.254 e. The molecule has 0 aliphatic rings. The molecule has 6 nitrogen and oxygen atoms in total. The maximum absolute atomic E-state index is 12.2. The van der Waals surface area contributed by atoms with Crippen LogP contribution in [0.5, 0.6) is 0 Å². The first-order valence-electron chi connectivity index (χ1n) is 6.76. The summed E-state index contributed by atoms with van der Waals surface area (Å²) in [6.45, 7) is 5.81. The Morgan fingerprint density at radius 3 is 2.95 bits per heavy atom. The number of aliphatic hydroxyl groups excluding tert-OH is 1. The van der Waals surface area contributed by atoms with E-state index in [9.17, 15) is 4.79 Å². The van der Waals surface area contributed by atoms with Crippen molar-refractivity contribution >= 4 is 11.6 Å². The van der Waals surface area contributed by atoms with E-state index >= 15 is 0 Å². The van der Waals surface area contributed by atoms with Gasteiger partial charge >= 0.3 is 0 Å². The van der Waals surface area contributed by atoms with Gasteiger partial charge in [0.25, 0.3) is 5.91 Å². The smallest absolute Gasteiger partial charge is 0.254 e. The van der Waals surface area contributed by atoms with E-state index in [0.717, 1.165) is 23.5 Å². The molecule has 0 aliphatic carbocycles. The van der Waals surface area contributed by atoms with Crippen LogP contribution in [0.2, 0.25) is 0 Å². The summed E-state index contributed by atoms with van der Waals surface area (Å²) in [4.78, 5) is 16.5. The summed E-state index contributed by atoms with van der Waals surface area (Å²) in [5.41, 5.74) is 2.91. The van der Waals surface area contributed by atoms with Crippen LogP contribution in [0, 0.1) is 13.8 Å². The predicted octanol–water partition coefficient (Wildman–Crippen LogP) is 1.24. The van der Waals surface area contributed by atoms with Gasteiger partial charge in [-0.25, -0.2) is 9.50 Å². The number of hydrogen-bond acceptors (Lipinski definition) is 4. The van der Waals surface area contributed by atoms with Crippen molar-refractivity contribution in [2.75, 3.05) is 6.61 Å². The number of aliphatic hydroxyl groups is 1. The third kappa shape index (κ3) is 2.96. The molecule has 0 saturated heterocycles. The third-order valence-electron chi connectivity index (χ3n) is 3.26. The molecule has 108 valence electrons. The van der Waals surface area contributed by atoms with Crippen LogP contribution in [0.25, 0.3) is 5.65 Å². The van der Waals surface area contributed by atoms with Crippen LogP contribution in [0.3, 0.4) is 0 Å². The van der Waals surface area contributed by atoms with Crippen LogP contribution in [-0.4, -0.2) is 38.3 Å². The number of nitrogens with one attached hydrogen (secondary N) is 1. The van der Waals surface area contributed by atoms with Crippen molar-refractivity contribution in [1.29, 1.82) is 0 Å². The van der Waals surface area contributed by atoms with Gasteiger partial charge in [0.2, 0.25) is 0 Å². The summed E-state index contributed by atoms with van der Waals surface area (Å²) in [5, 5.41) is 16.0. The van der Waals surface area contributed by atoms with Crippen molar-refractivity contribution in [3.05, 3.63) is 29.2 Å². The lowest BCUT2D eigenvalue weighted by molar-refractivity contribution is 0.0934. The van der Waals surface area contributed by atoms with Crippen LogP contribution in [0.4, 0.5) is 0 Å². The molecule has 1 unspecified atom stereocenters. The van der Waals surface area contributed by atoms with Gasteiger partial charge in [-0.15, -0.1) is 0 Å². The van der Waals surface area contributed by atoms with Gasteiger partial charge in [0.05, 0.1) is 17.0 Å². The molecule has 0 bridgehead atoms. The fourth-order valence-electron chi connectivity index (χ4n) is 2.16. The SMILES string of the molecule is Cc1cc2ncc(C(=O)NC(C)CCCO)c(C)n2n1. The van der Waals surface area contributed by atoms with Crippen LogP contribution in [-0.2, 0) is 0 Å². The van der Waals surface area contributed by atoms with Gasteiger partial charge in [-0.05, 0) is 33.6 Å². The molecule has 2 heterocycles. The molecule has 2 rings (SSSR count). The van der Waals surface area contributed by atoms with Crippen molar-refractivity contribution in [2.45, 2.75) is 39.7 Å². The number of rotatable bonds is 5. The summed E-state index contributed by atoms with van der Waals surface area (Å²) in [7, 11) is 0. The second-order valence-corrected chi connectivity index (χ2v) is 5.05. The highest BCUT2D eigenvalue weighted by Crippen LogP contribution is 2.11. The van der Waals surface area contributed by atoms with E-state index in [2.05, 4.69) is 15.4 Å². The summed E-state index contributed by atoms with van der Waals surface area (Å²) in [5.74, 6) is -0.157. The van der Waals surface area contributed by atoms with Gasteiger partial charge in [0, 0.05) is 24.9 Å². The molecule has 0 aliphatic heterocycles. The topological polar surface area (TPSA) is 79.5 Å². The Morgan fingerprint density at radius 1 is 1.50 bits per heavy atom. The lowest BCUT2D eigenvalue weighted by atomic mass is 10.1. The minimum absolute atomic E-state index is 0.0177. The minimum atomic E-state index is -0.157. The number of carbonyl (C=O) groups is 1. The number of fused-ring (bicyclic) bond motifs is 1. The molecule has 0 spiro atoms. The first-order chi connectivity index (χ1) is 9.52. The van der Waals surface area contributed by atoms with Crippen molar-refractivity contribution in [1.82, 2.24) is 19.9 Å². The van der Waals surface area contributed by atoms with Crippen LogP contribution >= 0.6 is 0 Å². The Labute approximate surface area is 117 Å². The number of carbonyl (C=O) groups excluding carboxylic acids is 1. The zero-order valence-electron chi connectivity index (χ0n) is 12.1. The Balaban J connectivity index is 2.19. The number of amides is 1. The molecule has 0 saturated carbocycles. The molecule has 1 atom stereocenters. The Kier molecular flexibility index (Phi) is 4.34. The first-order valence-corrected chi connectivity index (χ1v) is 6.76. The minimum Gasteiger partial charge on any atom is -0.396 e. The summed E-state index contributed by atoms with van der Waals surface area (Å²) in [6, 6.07) is 1.89. The monoisotopic (exact) mass is 276 g/mol. The first kappa shape index (κ1) is 14.5. The number of aryl methyl sites for hydroxylation is 2. The van der Waals surface area contributed by atoms with E-state index in [0.29, 0.717) is 12.0 Å². The summed E-state index contributed by atoms with van der Waals surface area (Å²) < 4.78 is 1.68.